The number of anilines is 1. The number of amides is 1. The molecule has 1 saturated heterocycles. The molecular weight excluding hydrogens is 425 g/mol. The van der Waals surface area contributed by atoms with Gasteiger partial charge in [-0.15, -0.1) is 16.2 Å². The van der Waals surface area contributed by atoms with Gasteiger partial charge in [-0.3, -0.25) is 10.2 Å². The maximum atomic E-state index is 12.2. The summed E-state index contributed by atoms with van der Waals surface area (Å²) in [5, 5.41) is 1.97. The molecule has 1 aliphatic rings. The van der Waals surface area contributed by atoms with Gasteiger partial charge in [0.25, 0.3) is 15.9 Å². The summed E-state index contributed by atoms with van der Waals surface area (Å²) in [6, 6.07) is 2.46. The van der Waals surface area contributed by atoms with E-state index in [4.69, 9.17) is 27.9 Å². The highest BCUT2D eigenvalue weighted by molar-refractivity contribution is 7.89. The summed E-state index contributed by atoms with van der Waals surface area (Å²) in [4.78, 5) is 23.7. The van der Waals surface area contributed by atoms with Crippen LogP contribution in [-0.4, -0.2) is 50.6 Å². The number of rotatable bonds is 5. The summed E-state index contributed by atoms with van der Waals surface area (Å²) in [5.74, 6) is -0.692. The average molecular weight is 438 g/mol. The van der Waals surface area contributed by atoms with Crippen molar-refractivity contribution in [3.05, 3.63) is 33.5 Å². The van der Waals surface area contributed by atoms with Gasteiger partial charge >= 0.3 is 0 Å². The molecule has 0 unspecified atom stereocenters. The van der Waals surface area contributed by atoms with E-state index in [0.717, 1.165) is 0 Å². The summed E-state index contributed by atoms with van der Waals surface area (Å²) in [5.41, 5.74) is 2.20. The first kappa shape index (κ1) is 19.3. The number of hydrogen-bond acceptors (Lipinski definition) is 8. The SMILES string of the molecule is O=C(NNS(=O)(=O)c1ccc(Cl)nc1Cl)c1csc(N2CCOCC2)n1. The molecule has 2 aromatic rings. The average Bonchev–Trinajstić information content (AvgIpc) is 3.10. The number of carbonyl (C=O) groups is 1. The zero-order valence-corrected chi connectivity index (χ0v) is 16.3. The lowest BCUT2D eigenvalue weighted by Crippen LogP contribution is -2.42. The number of nitrogens with one attached hydrogen (secondary N) is 2. The molecule has 1 amide bonds. The maximum Gasteiger partial charge on any atom is 0.285 e. The number of carbonyl (C=O) groups excluding carboxylic acids is 1. The third-order valence-corrected chi connectivity index (χ3v) is 6.17. The number of nitrogens with zero attached hydrogens (tertiary/aromatic N) is 3. The monoisotopic (exact) mass is 437 g/mol. The van der Waals surface area contributed by atoms with Crippen molar-refractivity contribution in [3.8, 4) is 0 Å². The molecule has 1 fully saturated rings. The van der Waals surface area contributed by atoms with Gasteiger partial charge in [0.15, 0.2) is 10.3 Å². The quantitative estimate of drug-likeness (QED) is 0.535. The van der Waals surface area contributed by atoms with Crippen molar-refractivity contribution in [2.45, 2.75) is 4.90 Å². The summed E-state index contributed by atoms with van der Waals surface area (Å²) < 4.78 is 29.7. The summed E-state index contributed by atoms with van der Waals surface area (Å²) in [6.07, 6.45) is 0. The van der Waals surface area contributed by atoms with Gasteiger partial charge in [0.05, 0.1) is 13.2 Å². The van der Waals surface area contributed by atoms with Crippen molar-refractivity contribution >= 4 is 55.6 Å². The molecule has 9 nitrogen and oxygen atoms in total. The van der Waals surface area contributed by atoms with Crippen LogP contribution in [-0.2, 0) is 14.8 Å². The molecule has 140 valence electrons. The van der Waals surface area contributed by atoms with E-state index in [1.54, 1.807) is 5.38 Å². The van der Waals surface area contributed by atoms with E-state index in [2.05, 4.69) is 15.4 Å². The molecule has 0 radical (unpaired) electrons. The first-order chi connectivity index (χ1) is 12.4. The standard InChI is InChI=1S/C13H13Cl2N5O4S2/c14-10-2-1-9(11(15)17-10)26(22,23)19-18-12(21)8-7-25-13(16-8)20-3-5-24-6-4-20/h1-2,7,19H,3-6H2,(H,18,21). The lowest BCUT2D eigenvalue weighted by Gasteiger charge is -2.25. The highest BCUT2D eigenvalue weighted by Gasteiger charge is 2.22. The molecule has 2 aromatic heterocycles. The molecule has 26 heavy (non-hydrogen) atoms. The highest BCUT2D eigenvalue weighted by atomic mass is 35.5. The second kappa shape index (κ2) is 8.03. The minimum absolute atomic E-state index is 0.0519. The number of ether oxygens (including phenoxy) is 1. The molecule has 0 atom stereocenters. The summed E-state index contributed by atoms with van der Waals surface area (Å²) in [6.45, 7) is 2.56. The fourth-order valence-corrected chi connectivity index (χ4v) is 4.46. The molecule has 1 aliphatic heterocycles. The Morgan fingerprint density at radius 2 is 1.96 bits per heavy atom. The van der Waals surface area contributed by atoms with E-state index in [-0.39, 0.29) is 20.9 Å². The van der Waals surface area contributed by atoms with Crippen LogP contribution >= 0.6 is 34.5 Å². The zero-order valence-electron chi connectivity index (χ0n) is 13.1. The van der Waals surface area contributed by atoms with Crippen LogP contribution in [0.3, 0.4) is 0 Å². The highest BCUT2D eigenvalue weighted by Crippen LogP contribution is 2.22. The Kier molecular flexibility index (Phi) is 5.95. The predicted molar refractivity (Wildman–Crippen MR) is 97.2 cm³/mol. The van der Waals surface area contributed by atoms with Crippen molar-refractivity contribution in [2.24, 2.45) is 0 Å². The number of halogens is 2. The number of morpholine rings is 1. The molecule has 0 aromatic carbocycles. The molecule has 0 saturated carbocycles. The van der Waals surface area contributed by atoms with Gasteiger partial charge in [0.1, 0.15) is 15.7 Å². The van der Waals surface area contributed by atoms with Gasteiger partial charge in [-0.05, 0) is 12.1 Å². The minimum atomic E-state index is -4.11. The molecular formula is C13H13Cl2N5O4S2. The molecule has 2 N–H and O–H groups in total. The number of pyridine rings is 1. The molecule has 3 heterocycles. The van der Waals surface area contributed by atoms with Crippen molar-refractivity contribution in [2.75, 3.05) is 31.2 Å². The van der Waals surface area contributed by atoms with Crippen LogP contribution in [0.5, 0.6) is 0 Å². The van der Waals surface area contributed by atoms with Crippen molar-refractivity contribution in [3.63, 3.8) is 0 Å². The lowest BCUT2D eigenvalue weighted by atomic mass is 10.4. The first-order valence-corrected chi connectivity index (χ1v) is 10.4. The van der Waals surface area contributed by atoms with Crippen LogP contribution in [0.2, 0.25) is 10.3 Å². The Labute approximate surface area is 163 Å². The third kappa shape index (κ3) is 4.42. The zero-order chi connectivity index (χ0) is 18.7. The number of sulfonamides is 1. The van der Waals surface area contributed by atoms with Crippen LogP contribution in [0.25, 0.3) is 0 Å². The van der Waals surface area contributed by atoms with Gasteiger partial charge in [-0.25, -0.2) is 18.4 Å². The predicted octanol–water partition coefficient (Wildman–Crippen LogP) is 1.30. The van der Waals surface area contributed by atoms with Crippen molar-refractivity contribution in [1.29, 1.82) is 0 Å². The maximum absolute atomic E-state index is 12.2. The number of aromatic nitrogens is 2. The van der Waals surface area contributed by atoms with E-state index in [1.807, 2.05) is 9.73 Å². The van der Waals surface area contributed by atoms with Gasteiger partial charge in [0, 0.05) is 18.5 Å². The van der Waals surface area contributed by atoms with E-state index in [1.165, 1.54) is 23.5 Å². The molecule has 0 bridgehead atoms. The number of thiazole rings is 1. The molecule has 0 spiro atoms. The normalized spacial score (nSPS) is 15.1. The number of hydrazine groups is 1. The Morgan fingerprint density at radius 1 is 1.23 bits per heavy atom. The summed E-state index contributed by atoms with van der Waals surface area (Å²) >= 11 is 12.7. The molecule has 13 heteroatoms. The second-order valence-corrected chi connectivity index (χ2v) is 8.33. The van der Waals surface area contributed by atoms with Crippen LogP contribution < -0.4 is 15.2 Å². The van der Waals surface area contributed by atoms with Crippen molar-refractivity contribution < 1.29 is 17.9 Å². The minimum Gasteiger partial charge on any atom is -0.378 e. The second-order valence-electron chi connectivity index (χ2n) is 5.10. The largest absolute Gasteiger partial charge is 0.378 e. The first-order valence-electron chi connectivity index (χ1n) is 7.29. The van der Waals surface area contributed by atoms with Gasteiger partial charge < -0.3 is 9.64 Å². The van der Waals surface area contributed by atoms with E-state index >= 15 is 0 Å². The Balaban J connectivity index is 1.65. The van der Waals surface area contributed by atoms with Crippen LogP contribution in [0.15, 0.2) is 22.4 Å². The molecule has 3 rings (SSSR count). The molecule has 0 aliphatic carbocycles. The van der Waals surface area contributed by atoms with E-state index in [0.29, 0.717) is 31.4 Å². The Hall–Kier alpha value is -1.50. The fourth-order valence-electron chi connectivity index (χ4n) is 2.10. The van der Waals surface area contributed by atoms with Crippen LogP contribution in [0, 0.1) is 0 Å². The van der Waals surface area contributed by atoms with E-state index < -0.39 is 15.9 Å². The number of hydrogen-bond donors (Lipinski definition) is 2. The van der Waals surface area contributed by atoms with Gasteiger partial charge in [0.2, 0.25) is 0 Å². The van der Waals surface area contributed by atoms with Gasteiger partial charge in [-0.1, -0.05) is 23.2 Å². The fraction of sp³-hybridized carbons (Fsp3) is 0.308. The van der Waals surface area contributed by atoms with Crippen molar-refractivity contribution in [1.82, 2.24) is 20.2 Å². The summed E-state index contributed by atoms with van der Waals surface area (Å²) in [7, 11) is -4.11. The Bertz CT molecular complexity index is 915. The lowest BCUT2D eigenvalue weighted by molar-refractivity contribution is 0.0940. The van der Waals surface area contributed by atoms with Crippen LogP contribution in [0.4, 0.5) is 5.13 Å². The third-order valence-electron chi connectivity index (χ3n) is 3.38. The smallest absolute Gasteiger partial charge is 0.285 e. The van der Waals surface area contributed by atoms with Crippen LogP contribution in [0.1, 0.15) is 10.5 Å². The van der Waals surface area contributed by atoms with E-state index in [9.17, 15) is 13.2 Å². The topological polar surface area (TPSA) is 114 Å². The van der Waals surface area contributed by atoms with Gasteiger partial charge in [-0.2, -0.15) is 0 Å². The Morgan fingerprint density at radius 3 is 2.65 bits per heavy atom.